The van der Waals surface area contributed by atoms with Crippen LogP contribution >= 0.6 is 34.5 Å². The van der Waals surface area contributed by atoms with E-state index in [9.17, 15) is 0 Å². The number of rotatable bonds is 2. The van der Waals surface area contributed by atoms with Gasteiger partial charge in [0.25, 0.3) is 0 Å². The normalized spacial score (nSPS) is 10.8. The minimum absolute atomic E-state index is 0.426. The fourth-order valence-corrected chi connectivity index (χ4v) is 2.69. The highest BCUT2D eigenvalue weighted by molar-refractivity contribution is 7.20. The lowest BCUT2D eigenvalue weighted by Gasteiger charge is -1.97. The molecular formula is C8H7Cl2N3S. The van der Waals surface area contributed by atoms with Gasteiger partial charge in [0, 0.05) is 17.7 Å². The molecule has 0 atom stereocenters. The number of aromatic nitrogens is 2. The Morgan fingerprint density at radius 2 is 2.29 bits per heavy atom. The van der Waals surface area contributed by atoms with E-state index in [0.717, 1.165) is 16.8 Å². The molecule has 0 fully saturated rings. The molecule has 2 rings (SSSR count). The molecule has 0 unspecified atom stereocenters. The van der Waals surface area contributed by atoms with Crippen molar-refractivity contribution in [1.29, 1.82) is 0 Å². The molecule has 2 aromatic heterocycles. The maximum Gasteiger partial charge on any atom is 0.104 e. The molecule has 0 radical (unpaired) electrons. The third-order valence-corrected chi connectivity index (χ3v) is 3.35. The number of thiophene rings is 1. The molecule has 14 heavy (non-hydrogen) atoms. The first kappa shape index (κ1) is 9.98. The maximum absolute atomic E-state index is 6.01. The van der Waals surface area contributed by atoms with E-state index in [1.54, 1.807) is 12.3 Å². The lowest BCUT2D eigenvalue weighted by Crippen LogP contribution is -1.96. The largest absolute Gasteiger partial charge is 0.326 e. The van der Waals surface area contributed by atoms with Gasteiger partial charge in [-0.25, -0.2) is 0 Å². The van der Waals surface area contributed by atoms with Crippen LogP contribution < -0.4 is 5.73 Å². The van der Waals surface area contributed by atoms with E-state index in [4.69, 9.17) is 28.9 Å². The summed E-state index contributed by atoms with van der Waals surface area (Å²) in [7, 11) is 0. The Bertz CT molecular complexity index is 449. The Morgan fingerprint density at radius 1 is 1.50 bits per heavy atom. The van der Waals surface area contributed by atoms with E-state index in [-0.39, 0.29) is 0 Å². The molecule has 0 saturated carbocycles. The monoisotopic (exact) mass is 247 g/mol. The Balaban J connectivity index is 2.53. The Kier molecular flexibility index (Phi) is 2.78. The van der Waals surface area contributed by atoms with Crippen molar-refractivity contribution < 1.29 is 0 Å². The van der Waals surface area contributed by atoms with Crippen LogP contribution in [-0.2, 0) is 6.54 Å². The number of hydrogen-bond acceptors (Lipinski definition) is 3. The van der Waals surface area contributed by atoms with Gasteiger partial charge in [-0.15, -0.1) is 11.3 Å². The summed E-state index contributed by atoms with van der Waals surface area (Å²) in [4.78, 5) is 0. The van der Waals surface area contributed by atoms with Crippen LogP contribution in [0, 0.1) is 0 Å². The highest BCUT2D eigenvalue weighted by Gasteiger charge is 2.12. The van der Waals surface area contributed by atoms with Crippen molar-refractivity contribution in [3.63, 3.8) is 0 Å². The fourth-order valence-electron chi connectivity index (χ4n) is 1.21. The molecule has 0 saturated heterocycles. The topological polar surface area (TPSA) is 54.7 Å². The second-order valence-corrected chi connectivity index (χ2v) is 5.00. The maximum atomic E-state index is 6.01. The first-order valence-corrected chi connectivity index (χ1v) is 5.47. The van der Waals surface area contributed by atoms with Gasteiger partial charge in [-0.3, -0.25) is 5.10 Å². The molecule has 2 heterocycles. The summed E-state index contributed by atoms with van der Waals surface area (Å²) in [5.41, 5.74) is 8.20. The van der Waals surface area contributed by atoms with Crippen LogP contribution in [-0.4, -0.2) is 10.2 Å². The van der Waals surface area contributed by atoms with Gasteiger partial charge in [-0.05, 0) is 6.07 Å². The second kappa shape index (κ2) is 3.90. The van der Waals surface area contributed by atoms with E-state index >= 15 is 0 Å². The number of nitrogens with one attached hydrogen (secondary N) is 1. The molecule has 0 aliphatic rings. The number of halogens is 2. The molecule has 0 bridgehead atoms. The minimum Gasteiger partial charge on any atom is -0.326 e. The predicted octanol–water partition coefficient (Wildman–Crippen LogP) is 2.90. The number of aromatic amines is 1. The average molecular weight is 248 g/mol. The zero-order valence-corrected chi connectivity index (χ0v) is 9.38. The molecule has 0 amide bonds. The van der Waals surface area contributed by atoms with Crippen molar-refractivity contribution >= 4 is 34.5 Å². The van der Waals surface area contributed by atoms with E-state index in [0.29, 0.717) is 15.2 Å². The van der Waals surface area contributed by atoms with E-state index in [2.05, 4.69) is 10.2 Å². The number of hydrogen-bond donors (Lipinski definition) is 2. The van der Waals surface area contributed by atoms with E-state index in [1.165, 1.54) is 11.3 Å². The van der Waals surface area contributed by atoms with Gasteiger partial charge < -0.3 is 5.73 Å². The van der Waals surface area contributed by atoms with Crippen molar-refractivity contribution in [2.24, 2.45) is 5.73 Å². The molecule has 74 valence electrons. The van der Waals surface area contributed by atoms with Crippen molar-refractivity contribution in [1.82, 2.24) is 10.2 Å². The molecule has 0 aliphatic carbocycles. The van der Waals surface area contributed by atoms with Crippen molar-refractivity contribution in [3.8, 4) is 11.3 Å². The van der Waals surface area contributed by atoms with Gasteiger partial charge in [-0.2, -0.15) is 5.10 Å². The molecular weight excluding hydrogens is 241 g/mol. The quantitative estimate of drug-likeness (QED) is 0.858. The van der Waals surface area contributed by atoms with Gasteiger partial charge in [0.1, 0.15) is 4.34 Å². The van der Waals surface area contributed by atoms with Crippen LogP contribution in [0.1, 0.15) is 5.56 Å². The number of H-pyrrole nitrogens is 1. The molecule has 3 N–H and O–H groups in total. The first-order valence-electron chi connectivity index (χ1n) is 3.90. The number of nitrogens with zero attached hydrogens (tertiary/aromatic N) is 1. The molecule has 6 heteroatoms. The summed E-state index contributed by atoms with van der Waals surface area (Å²) in [5.74, 6) is 0. The van der Waals surface area contributed by atoms with E-state index < -0.39 is 0 Å². The third-order valence-electron chi connectivity index (χ3n) is 1.86. The van der Waals surface area contributed by atoms with E-state index in [1.807, 2.05) is 0 Å². The molecule has 0 aliphatic heterocycles. The SMILES string of the molecule is NCc1cn[nH]c1-c1cc(Cl)sc1Cl. The lowest BCUT2D eigenvalue weighted by molar-refractivity contribution is 1.08. The summed E-state index contributed by atoms with van der Waals surface area (Å²) >= 11 is 13.2. The highest BCUT2D eigenvalue weighted by atomic mass is 35.5. The predicted molar refractivity (Wildman–Crippen MR) is 59.8 cm³/mol. The Morgan fingerprint density at radius 3 is 2.86 bits per heavy atom. The van der Waals surface area contributed by atoms with Crippen LogP contribution in [0.25, 0.3) is 11.3 Å². The van der Waals surface area contributed by atoms with Crippen LogP contribution in [0.2, 0.25) is 8.67 Å². The van der Waals surface area contributed by atoms with Crippen LogP contribution in [0.15, 0.2) is 12.3 Å². The van der Waals surface area contributed by atoms with Crippen LogP contribution in [0.5, 0.6) is 0 Å². The summed E-state index contributed by atoms with van der Waals surface area (Å²) in [5, 5.41) is 6.78. The molecule has 0 spiro atoms. The van der Waals surface area contributed by atoms with Crippen molar-refractivity contribution in [2.45, 2.75) is 6.54 Å². The standard InChI is InChI=1S/C8H7Cl2N3S/c9-6-1-5(8(10)14-6)7-4(2-11)3-12-13-7/h1,3H,2,11H2,(H,12,13). The molecule has 2 aromatic rings. The van der Waals surface area contributed by atoms with Gasteiger partial charge in [-0.1, -0.05) is 23.2 Å². The van der Waals surface area contributed by atoms with Crippen LogP contribution in [0.3, 0.4) is 0 Å². The van der Waals surface area contributed by atoms with Gasteiger partial charge in [0.05, 0.1) is 16.2 Å². The highest BCUT2D eigenvalue weighted by Crippen LogP contribution is 2.38. The third kappa shape index (κ3) is 1.66. The van der Waals surface area contributed by atoms with Gasteiger partial charge in [0.15, 0.2) is 0 Å². The minimum atomic E-state index is 0.426. The fraction of sp³-hybridized carbons (Fsp3) is 0.125. The smallest absolute Gasteiger partial charge is 0.104 e. The zero-order chi connectivity index (χ0) is 10.1. The molecule has 3 nitrogen and oxygen atoms in total. The summed E-state index contributed by atoms with van der Waals surface area (Å²) < 4.78 is 1.30. The first-order chi connectivity index (χ1) is 6.72. The number of nitrogens with two attached hydrogens (primary N) is 1. The zero-order valence-electron chi connectivity index (χ0n) is 7.05. The summed E-state index contributed by atoms with van der Waals surface area (Å²) in [6, 6.07) is 1.81. The Hall–Kier alpha value is -0.550. The summed E-state index contributed by atoms with van der Waals surface area (Å²) in [6.07, 6.45) is 1.69. The second-order valence-electron chi connectivity index (χ2n) is 2.71. The lowest BCUT2D eigenvalue weighted by atomic mass is 10.1. The van der Waals surface area contributed by atoms with Gasteiger partial charge >= 0.3 is 0 Å². The van der Waals surface area contributed by atoms with Crippen LogP contribution in [0.4, 0.5) is 0 Å². The van der Waals surface area contributed by atoms with Crippen molar-refractivity contribution in [2.75, 3.05) is 0 Å². The van der Waals surface area contributed by atoms with Crippen molar-refractivity contribution in [3.05, 3.63) is 26.5 Å². The average Bonchev–Trinajstić information content (AvgIpc) is 2.71. The molecule has 0 aromatic carbocycles. The summed E-state index contributed by atoms with van der Waals surface area (Å²) in [6.45, 7) is 0.426. The Labute approximate surface area is 94.8 Å². The van der Waals surface area contributed by atoms with Gasteiger partial charge in [0.2, 0.25) is 0 Å².